The highest BCUT2D eigenvalue weighted by Crippen LogP contribution is 2.13. The molecule has 5 heteroatoms. The number of ether oxygens (including phenoxy) is 1. The molecule has 0 aliphatic heterocycles. The first-order chi connectivity index (χ1) is 9.40. The summed E-state index contributed by atoms with van der Waals surface area (Å²) in [5.74, 6) is -0.305. The lowest BCUT2D eigenvalue weighted by Crippen LogP contribution is -2.48. The summed E-state index contributed by atoms with van der Waals surface area (Å²) in [7, 11) is 1.48. The number of nitriles is 1. The predicted molar refractivity (Wildman–Crippen MR) is 79.1 cm³/mol. The highest BCUT2D eigenvalue weighted by molar-refractivity contribution is 6.30. The summed E-state index contributed by atoms with van der Waals surface area (Å²) in [6, 6.07) is 9.18. The first-order valence-electron chi connectivity index (χ1n) is 6.07. The molecular formula is C15H17ClN2O2. The minimum atomic E-state index is -1.04. The van der Waals surface area contributed by atoms with Gasteiger partial charge in [-0.15, -0.1) is 0 Å². The Balaban J connectivity index is 2.81. The highest BCUT2D eigenvalue weighted by Gasteiger charge is 2.26. The molecule has 1 unspecified atom stereocenters. The van der Waals surface area contributed by atoms with Crippen LogP contribution in [0.5, 0.6) is 0 Å². The van der Waals surface area contributed by atoms with E-state index in [9.17, 15) is 4.79 Å². The van der Waals surface area contributed by atoms with Crippen molar-refractivity contribution >= 4 is 23.6 Å². The van der Waals surface area contributed by atoms with Gasteiger partial charge in [-0.1, -0.05) is 23.7 Å². The van der Waals surface area contributed by atoms with Crippen molar-refractivity contribution in [2.45, 2.75) is 19.4 Å². The van der Waals surface area contributed by atoms with Gasteiger partial charge in [0.25, 0.3) is 0 Å². The molecule has 4 nitrogen and oxygen atoms in total. The van der Waals surface area contributed by atoms with Crippen LogP contribution in [-0.4, -0.2) is 25.2 Å². The fourth-order valence-corrected chi connectivity index (χ4v) is 1.73. The molecule has 0 spiro atoms. The Morgan fingerprint density at radius 3 is 2.60 bits per heavy atom. The van der Waals surface area contributed by atoms with Crippen molar-refractivity contribution in [3.05, 3.63) is 40.4 Å². The second kappa shape index (κ2) is 7.09. The van der Waals surface area contributed by atoms with Crippen LogP contribution in [0.25, 0.3) is 6.08 Å². The van der Waals surface area contributed by atoms with E-state index in [1.165, 1.54) is 7.11 Å². The van der Waals surface area contributed by atoms with E-state index < -0.39 is 5.54 Å². The van der Waals surface area contributed by atoms with Gasteiger partial charge in [-0.3, -0.25) is 4.79 Å². The number of methoxy groups -OCH3 is 1. The van der Waals surface area contributed by atoms with E-state index >= 15 is 0 Å². The van der Waals surface area contributed by atoms with Gasteiger partial charge < -0.3 is 10.1 Å². The van der Waals surface area contributed by atoms with Crippen LogP contribution in [0.15, 0.2) is 29.8 Å². The van der Waals surface area contributed by atoms with Gasteiger partial charge in [0, 0.05) is 17.7 Å². The quantitative estimate of drug-likeness (QED) is 0.849. The van der Waals surface area contributed by atoms with Crippen LogP contribution in [0.4, 0.5) is 0 Å². The van der Waals surface area contributed by atoms with Gasteiger partial charge >= 0.3 is 0 Å². The topological polar surface area (TPSA) is 62.1 Å². The third kappa shape index (κ3) is 4.69. The number of benzene rings is 1. The number of hydrogen-bond donors (Lipinski definition) is 1. The number of carbonyl (C=O) groups excluding carboxylic acids is 1. The summed E-state index contributed by atoms with van der Waals surface area (Å²) in [5.41, 5.74) is 0.332. The molecule has 106 valence electrons. The molecule has 0 heterocycles. The molecule has 1 amide bonds. The van der Waals surface area contributed by atoms with E-state index in [1.807, 2.05) is 18.2 Å². The molecule has 1 rings (SSSR count). The summed E-state index contributed by atoms with van der Waals surface area (Å²) in [4.78, 5) is 12.1. The molecule has 0 bridgehead atoms. The number of amides is 1. The van der Waals surface area contributed by atoms with Gasteiger partial charge in [-0.05, 0) is 37.6 Å². The third-order valence-corrected chi connectivity index (χ3v) is 2.93. The molecule has 1 aromatic rings. The monoisotopic (exact) mass is 292 g/mol. The van der Waals surface area contributed by atoms with Crippen LogP contribution < -0.4 is 5.32 Å². The number of nitrogens with zero attached hydrogens (tertiary/aromatic N) is 1. The molecule has 0 saturated heterocycles. The second-order valence-corrected chi connectivity index (χ2v) is 5.15. The van der Waals surface area contributed by atoms with Gasteiger partial charge in [0.1, 0.15) is 5.54 Å². The number of halogens is 1. The zero-order valence-corrected chi connectivity index (χ0v) is 12.5. The van der Waals surface area contributed by atoms with E-state index in [2.05, 4.69) is 5.32 Å². The summed E-state index contributed by atoms with van der Waals surface area (Å²) in [5, 5.41) is 12.4. The molecule has 0 saturated carbocycles. The molecule has 20 heavy (non-hydrogen) atoms. The SMILES string of the molecule is COCC(C)(C#N)NC(=O)C(C)=Cc1ccc(Cl)cc1. The molecule has 0 aliphatic carbocycles. The Morgan fingerprint density at radius 1 is 1.50 bits per heavy atom. The Morgan fingerprint density at radius 2 is 2.10 bits per heavy atom. The second-order valence-electron chi connectivity index (χ2n) is 4.71. The zero-order chi connectivity index (χ0) is 15.2. The molecule has 0 aliphatic rings. The molecule has 1 atom stereocenters. The third-order valence-electron chi connectivity index (χ3n) is 2.68. The molecule has 0 aromatic heterocycles. The maximum atomic E-state index is 12.1. The first-order valence-corrected chi connectivity index (χ1v) is 6.44. The van der Waals surface area contributed by atoms with Crippen molar-refractivity contribution in [2.75, 3.05) is 13.7 Å². The Kier molecular flexibility index (Phi) is 5.75. The first kappa shape index (κ1) is 16.2. The van der Waals surface area contributed by atoms with Crippen molar-refractivity contribution in [1.82, 2.24) is 5.32 Å². The minimum Gasteiger partial charge on any atom is -0.381 e. The molecule has 1 N–H and O–H groups in total. The van der Waals surface area contributed by atoms with Gasteiger partial charge in [-0.25, -0.2) is 0 Å². The Labute approximate surface area is 124 Å². The Bertz CT molecular complexity index is 546. The van der Waals surface area contributed by atoms with E-state index in [0.717, 1.165) is 5.56 Å². The van der Waals surface area contributed by atoms with E-state index in [1.54, 1.807) is 32.1 Å². The summed E-state index contributed by atoms with van der Waals surface area (Å²) in [6.45, 7) is 3.43. The normalized spacial score (nSPS) is 14.2. The van der Waals surface area contributed by atoms with Crippen LogP contribution >= 0.6 is 11.6 Å². The average molecular weight is 293 g/mol. The van der Waals surface area contributed by atoms with Crippen LogP contribution in [0.3, 0.4) is 0 Å². The summed E-state index contributed by atoms with van der Waals surface area (Å²) < 4.78 is 4.94. The van der Waals surface area contributed by atoms with Crippen molar-refractivity contribution in [3.8, 4) is 6.07 Å². The van der Waals surface area contributed by atoms with Crippen LogP contribution in [0, 0.1) is 11.3 Å². The van der Waals surface area contributed by atoms with Crippen molar-refractivity contribution in [3.63, 3.8) is 0 Å². The zero-order valence-electron chi connectivity index (χ0n) is 11.7. The number of rotatable bonds is 5. The lowest BCUT2D eigenvalue weighted by molar-refractivity contribution is -0.119. The maximum Gasteiger partial charge on any atom is 0.248 e. The van der Waals surface area contributed by atoms with Gasteiger partial charge in [0.2, 0.25) is 5.91 Å². The minimum absolute atomic E-state index is 0.128. The lowest BCUT2D eigenvalue weighted by Gasteiger charge is -2.22. The van der Waals surface area contributed by atoms with Gasteiger partial charge in [0.15, 0.2) is 0 Å². The number of hydrogen-bond acceptors (Lipinski definition) is 3. The van der Waals surface area contributed by atoms with Crippen molar-refractivity contribution < 1.29 is 9.53 Å². The molecule has 0 fully saturated rings. The van der Waals surface area contributed by atoms with Gasteiger partial charge in [0.05, 0.1) is 12.7 Å². The Hall–Kier alpha value is -1.83. The number of nitrogens with one attached hydrogen (secondary N) is 1. The lowest BCUT2D eigenvalue weighted by atomic mass is 10.0. The van der Waals surface area contributed by atoms with Crippen LogP contribution in [0.2, 0.25) is 5.02 Å². The summed E-state index contributed by atoms with van der Waals surface area (Å²) in [6.07, 6.45) is 1.73. The summed E-state index contributed by atoms with van der Waals surface area (Å²) >= 11 is 5.80. The average Bonchev–Trinajstić information content (AvgIpc) is 2.41. The van der Waals surface area contributed by atoms with Crippen LogP contribution in [-0.2, 0) is 9.53 Å². The number of carbonyl (C=O) groups is 1. The van der Waals surface area contributed by atoms with E-state index in [-0.39, 0.29) is 12.5 Å². The van der Waals surface area contributed by atoms with Crippen molar-refractivity contribution in [1.29, 1.82) is 5.26 Å². The predicted octanol–water partition coefficient (Wildman–Crippen LogP) is 2.79. The van der Waals surface area contributed by atoms with Crippen molar-refractivity contribution in [2.24, 2.45) is 0 Å². The van der Waals surface area contributed by atoms with E-state index in [0.29, 0.717) is 10.6 Å². The maximum absolute atomic E-state index is 12.1. The molecular weight excluding hydrogens is 276 g/mol. The smallest absolute Gasteiger partial charge is 0.248 e. The van der Waals surface area contributed by atoms with E-state index in [4.69, 9.17) is 21.6 Å². The largest absolute Gasteiger partial charge is 0.381 e. The molecule has 1 aromatic carbocycles. The standard InChI is InChI=1S/C15H17ClN2O2/c1-11(8-12-4-6-13(16)7-5-12)14(19)18-15(2,9-17)10-20-3/h4-8H,10H2,1-3H3,(H,18,19). The van der Waals surface area contributed by atoms with Gasteiger partial charge in [-0.2, -0.15) is 5.26 Å². The molecule has 0 radical (unpaired) electrons. The van der Waals surface area contributed by atoms with Crippen LogP contribution in [0.1, 0.15) is 19.4 Å². The fourth-order valence-electron chi connectivity index (χ4n) is 1.61. The fraction of sp³-hybridized carbons (Fsp3) is 0.333. The highest BCUT2D eigenvalue weighted by atomic mass is 35.5.